The number of piperazine rings is 1. The van der Waals surface area contributed by atoms with Gasteiger partial charge in [0.2, 0.25) is 0 Å². The van der Waals surface area contributed by atoms with Crippen molar-refractivity contribution >= 4 is 35.0 Å². The fraction of sp³-hybridized carbons (Fsp3) is 0.429. The molecule has 0 saturated carbocycles. The van der Waals surface area contributed by atoms with Gasteiger partial charge in [0.15, 0.2) is 0 Å². The minimum Gasteiger partial charge on any atom is -0.343 e. The van der Waals surface area contributed by atoms with E-state index >= 15 is 0 Å². The maximum absolute atomic E-state index is 11.9. The molecule has 0 bridgehead atoms. The lowest BCUT2D eigenvalue weighted by molar-refractivity contribution is -0.125. The molecule has 0 aromatic heterocycles. The van der Waals surface area contributed by atoms with Crippen LogP contribution in [0.5, 0.6) is 0 Å². The van der Waals surface area contributed by atoms with Crippen molar-refractivity contribution in [2.75, 3.05) is 39.8 Å². The van der Waals surface area contributed by atoms with E-state index in [0.29, 0.717) is 15.6 Å². The van der Waals surface area contributed by atoms with Gasteiger partial charge < -0.3 is 10.2 Å². The summed E-state index contributed by atoms with van der Waals surface area (Å²) < 4.78 is 0. The lowest BCUT2D eigenvalue weighted by atomic mass is 10.2. The summed E-state index contributed by atoms with van der Waals surface area (Å²) in [6, 6.07) is 4.57. The second-order valence-corrected chi connectivity index (χ2v) is 5.95. The van der Waals surface area contributed by atoms with Gasteiger partial charge in [-0.05, 0) is 25.2 Å². The van der Waals surface area contributed by atoms with Gasteiger partial charge in [0.05, 0.1) is 16.6 Å². The zero-order valence-corrected chi connectivity index (χ0v) is 13.7. The van der Waals surface area contributed by atoms with Gasteiger partial charge in [-0.2, -0.15) is 0 Å². The molecule has 0 aliphatic carbocycles. The Morgan fingerprint density at radius 1 is 1.14 bits per heavy atom. The molecular formula is C14H18Cl2N4O2. The monoisotopic (exact) mass is 344 g/mol. The predicted octanol–water partition coefficient (Wildman–Crippen LogP) is 1.00. The van der Waals surface area contributed by atoms with Crippen molar-refractivity contribution in [3.63, 3.8) is 0 Å². The van der Waals surface area contributed by atoms with Crippen molar-refractivity contribution in [3.8, 4) is 0 Å². The standard InChI is InChI=1S/C14H18Cl2N4O2/c1-19-4-6-20(7-5-19)18-13(21)9-17-14(22)10-2-3-11(15)12(16)8-10/h2-3,8H,4-7,9H2,1H3,(H,17,22)(H,18,21). The van der Waals surface area contributed by atoms with Crippen LogP contribution < -0.4 is 10.7 Å². The zero-order valence-electron chi connectivity index (χ0n) is 12.2. The van der Waals surface area contributed by atoms with E-state index in [1.807, 2.05) is 12.1 Å². The van der Waals surface area contributed by atoms with E-state index < -0.39 is 0 Å². The van der Waals surface area contributed by atoms with Crippen molar-refractivity contribution in [2.24, 2.45) is 0 Å². The molecule has 1 fully saturated rings. The number of nitrogens with zero attached hydrogens (tertiary/aromatic N) is 2. The lowest BCUT2D eigenvalue weighted by Gasteiger charge is -2.32. The first-order chi connectivity index (χ1) is 10.5. The Morgan fingerprint density at radius 2 is 1.82 bits per heavy atom. The van der Waals surface area contributed by atoms with E-state index in [4.69, 9.17) is 23.2 Å². The molecular weight excluding hydrogens is 327 g/mol. The van der Waals surface area contributed by atoms with Gasteiger partial charge in [-0.1, -0.05) is 23.2 Å². The minimum absolute atomic E-state index is 0.0918. The van der Waals surface area contributed by atoms with Crippen LogP contribution in [0, 0.1) is 0 Å². The van der Waals surface area contributed by atoms with Crippen molar-refractivity contribution in [1.82, 2.24) is 20.7 Å². The molecule has 1 aliphatic heterocycles. The average molecular weight is 345 g/mol. The number of hydrogen-bond acceptors (Lipinski definition) is 4. The third-order valence-corrected chi connectivity index (χ3v) is 4.12. The van der Waals surface area contributed by atoms with Crippen LogP contribution in [0.15, 0.2) is 18.2 Å². The number of benzene rings is 1. The molecule has 8 heteroatoms. The highest BCUT2D eigenvalue weighted by Gasteiger charge is 2.16. The average Bonchev–Trinajstić information content (AvgIpc) is 2.50. The first-order valence-electron chi connectivity index (χ1n) is 6.92. The highest BCUT2D eigenvalue weighted by Crippen LogP contribution is 2.22. The van der Waals surface area contributed by atoms with Crippen LogP contribution in [0.4, 0.5) is 0 Å². The van der Waals surface area contributed by atoms with Gasteiger partial charge in [0, 0.05) is 31.7 Å². The van der Waals surface area contributed by atoms with Gasteiger partial charge in [-0.3, -0.25) is 15.0 Å². The molecule has 0 unspecified atom stereocenters. The van der Waals surface area contributed by atoms with Crippen LogP contribution in [-0.4, -0.2) is 61.5 Å². The fourth-order valence-electron chi connectivity index (χ4n) is 2.03. The fourth-order valence-corrected chi connectivity index (χ4v) is 2.33. The Hall–Kier alpha value is -1.34. The quantitative estimate of drug-likeness (QED) is 0.855. The molecule has 1 aliphatic rings. The van der Waals surface area contributed by atoms with Crippen LogP contribution in [0.1, 0.15) is 10.4 Å². The molecule has 6 nitrogen and oxygen atoms in total. The van der Waals surface area contributed by atoms with Crippen LogP contribution in [-0.2, 0) is 4.79 Å². The molecule has 2 amide bonds. The summed E-state index contributed by atoms with van der Waals surface area (Å²) in [5.74, 6) is -0.620. The van der Waals surface area contributed by atoms with E-state index in [0.717, 1.165) is 26.2 Å². The molecule has 0 spiro atoms. The number of hydrazine groups is 1. The van der Waals surface area contributed by atoms with Crippen LogP contribution in [0.25, 0.3) is 0 Å². The van der Waals surface area contributed by atoms with E-state index in [2.05, 4.69) is 15.6 Å². The molecule has 1 heterocycles. The lowest BCUT2D eigenvalue weighted by Crippen LogP contribution is -2.54. The third kappa shape index (κ3) is 4.84. The van der Waals surface area contributed by atoms with Crippen LogP contribution >= 0.6 is 23.2 Å². The number of likely N-dealkylation sites (N-methyl/N-ethyl adjacent to an activating group) is 1. The molecule has 22 heavy (non-hydrogen) atoms. The van der Waals surface area contributed by atoms with Gasteiger partial charge >= 0.3 is 0 Å². The number of halogens is 2. The largest absolute Gasteiger partial charge is 0.343 e. The van der Waals surface area contributed by atoms with E-state index in [-0.39, 0.29) is 18.4 Å². The second-order valence-electron chi connectivity index (χ2n) is 5.14. The number of amides is 2. The Kier molecular flexibility index (Phi) is 6.02. The molecule has 0 radical (unpaired) electrons. The van der Waals surface area contributed by atoms with Crippen molar-refractivity contribution in [3.05, 3.63) is 33.8 Å². The van der Waals surface area contributed by atoms with Crippen LogP contribution in [0.2, 0.25) is 10.0 Å². The number of nitrogens with one attached hydrogen (secondary N) is 2. The third-order valence-electron chi connectivity index (χ3n) is 3.38. The van der Waals surface area contributed by atoms with Crippen molar-refractivity contribution in [2.45, 2.75) is 0 Å². The summed E-state index contributed by atoms with van der Waals surface area (Å²) in [5, 5.41) is 5.09. The predicted molar refractivity (Wildman–Crippen MR) is 86.0 cm³/mol. The minimum atomic E-state index is -0.368. The zero-order chi connectivity index (χ0) is 16.1. The van der Waals surface area contributed by atoms with Crippen LogP contribution in [0.3, 0.4) is 0 Å². The SMILES string of the molecule is CN1CCN(NC(=O)CNC(=O)c2ccc(Cl)c(Cl)c2)CC1. The first-order valence-corrected chi connectivity index (χ1v) is 7.67. The molecule has 1 aromatic carbocycles. The van der Waals surface area contributed by atoms with E-state index in [9.17, 15) is 9.59 Å². The molecule has 1 aromatic rings. The molecule has 0 atom stereocenters. The molecule has 2 N–H and O–H groups in total. The highest BCUT2D eigenvalue weighted by molar-refractivity contribution is 6.42. The first kappa shape index (κ1) is 17.0. The summed E-state index contributed by atoms with van der Waals surface area (Å²) in [6.45, 7) is 3.24. The summed E-state index contributed by atoms with van der Waals surface area (Å²) >= 11 is 11.7. The second kappa shape index (κ2) is 7.78. The summed E-state index contributed by atoms with van der Waals surface area (Å²) in [5.41, 5.74) is 3.14. The Labute approximate surface area is 139 Å². The maximum atomic E-state index is 11.9. The summed E-state index contributed by atoms with van der Waals surface area (Å²) in [7, 11) is 2.04. The smallest absolute Gasteiger partial charge is 0.253 e. The molecule has 120 valence electrons. The topological polar surface area (TPSA) is 64.7 Å². The van der Waals surface area contributed by atoms with Crippen molar-refractivity contribution in [1.29, 1.82) is 0 Å². The normalized spacial score (nSPS) is 16.3. The number of carbonyl (C=O) groups excluding carboxylic acids is 2. The highest BCUT2D eigenvalue weighted by atomic mass is 35.5. The maximum Gasteiger partial charge on any atom is 0.253 e. The van der Waals surface area contributed by atoms with Crippen molar-refractivity contribution < 1.29 is 9.59 Å². The summed E-state index contributed by atoms with van der Waals surface area (Å²) in [4.78, 5) is 25.9. The van der Waals surface area contributed by atoms with Gasteiger partial charge in [0.25, 0.3) is 11.8 Å². The Bertz CT molecular complexity index is 560. The number of rotatable bonds is 4. The van der Waals surface area contributed by atoms with Gasteiger partial charge in [0.1, 0.15) is 0 Å². The molecule has 1 saturated heterocycles. The number of hydrogen-bond donors (Lipinski definition) is 2. The number of carbonyl (C=O) groups is 2. The molecule has 2 rings (SSSR count). The van der Waals surface area contributed by atoms with E-state index in [1.54, 1.807) is 12.1 Å². The Balaban J connectivity index is 1.78. The summed E-state index contributed by atoms with van der Waals surface area (Å²) in [6.07, 6.45) is 0. The van der Waals surface area contributed by atoms with E-state index in [1.165, 1.54) is 6.07 Å². The van der Waals surface area contributed by atoms with Gasteiger partial charge in [-0.15, -0.1) is 0 Å². The van der Waals surface area contributed by atoms with Gasteiger partial charge in [-0.25, -0.2) is 5.01 Å². The Morgan fingerprint density at radius 3 is 2.45 bits per heavy atom.